The van der Waals surface area contributed by atoms with Crippen molar-refractivity contribution in [2.75, 3.05) is 18.2 Å². The summed E-state index contributed by atoms with van der Waals surface area (Å²) in [7, 11) is 0. The Morgan fingerprint density at radius 3 is 2.87 bits per heavy atom. The molecule has 1 aliphatic rings. The van der Waals surface area contributed by atoms with Crippen molar-refractivity contribution in [1.82, 2.24) is 15.2 Å². The lowest BCUT2D eigenvalue weighted by Gasteiger charge is -2.20. The second kappa shape index (κ2) is 8.55. The predicted molar refractivity (Wildman–Crippen MR) is 118 cm³/mol. The molecule has 3 aromatic rings. The van der Waals surface area contributed by atoms with Gasteiger partial charge in [-0.25, -0.2) is 0 Å². The highest BCUT2D eigenvalue weighted by Gasteiger charge is 2.34. The van der Waals surface area contributed by atoms with Crippen molar-refractivity contribution in [1.29, 1.82) is 0 Å². The topological polar surface area (TPSA) is 133 Å². The van der Waals surface area contributed by atoms with Crippen LogP contribution in [0.15, 0.2) is 40.0 Å². The summed E-state index contributed by atoms with van der Waals surface area (Å²) in [6.07, 6.45) is 0.798. The Morgan fingerprint density at radius 1 is 1.35 bits per heavy atom. The van der Waals surface area contributed by atoms with Crippen molar-refractivity contribution in [3.05, 3.63) is 50.5 Å². The number of ether oxygens (including phenoxy) is 2. The number of nitro groups is 1. The molecule has 1 aliphatic heterocycles. The summed E-state index contributed by atoms with van der Waals surface area (Å²) in [5.41, 5.74) is 1.47. The number of aromatic nitrogens is 3. The molecule has 0 bridgehead atoms. The first-order valence-corrected chi connectivity index (χ1v) is 11.1. The van der Waals surface area contributed by atoms with E-state index < -0.39 is 16.8 Å². The summed E-state index contributed by atoms with van der Waals surface area (Å²) < 4.78 is 12.2. The fourth-order valence-corrected chi connectivity index (χ4v) is 3.82. The summed E-state index contributed by atoms with van der Waals surface area (Å²) in [6.45, 7) is 1.82. The monoisotopic (exact) mass is 505 g/mol. The van der Waals surface area contributed by atoms with Gasteiger partial charge in [0.2, 0.25) is 23.0 Å². The number of nitro benzene ring substituents is 1. The van der Waals surface area contributed by atoms with Gasteiger partial charge in [-0.2, -0.15) is 4.98 Å². The Hall–Kier alpha value is -3.12. The van der Waals surface area contributed by atoms with Crippen LogP contribution in [0.2, 0.25) is 0 Å². The van der Waals surface area contributed by atoms with Crippen LogP contribution in [0.25, 0.3) is 11.3 Å². The third-order valence-corrected chi connectivity index (χ3v) is 5.50. The number of phenolic OH excluding ortho intramolecular Hbond substituents is 1. The molecule has 0 unspecified atom stereocenters. The van der Waals surface area contributed by atoms with E-state index in [1.807, 2.05) is 12.1 Å². The maximum absolute atomic E-state index is 11.9. The number of halogens is 1. The van der Waals surface area contributed by atoms with Crippen LogP contribution in [0.5, 0.6) is 17.4 Å². The number of aromatic hydroxyl groups is 1. The normalized spacial score (nSPS) is 14.5. The SMILES string of the molecule is CCOc1c(O)ccc([C@H]2Nc3ccc(Br)cc3-c3nnc(SC)nc3O2)c1[N+](=O)[O-]. The molecule has 10 nitrogen and oxygen atoms in total. The maximum atomic E-state index is 11.9. The lowest BCUT2D eigenvalue weighted by Crippen LogP contribution is -2.19. The molecule has 4 rings (SSSR count). The summed E-state index contributed by atoms with van der Waals surface area (Å²) >= 11 is 4.74. The number of rotatable bonds is 5. The average Bonchev–Trinajstić information content (AvgIpc) is 2.90. The van der Waals surface area contributed by atoms with Crippen molar-refractivity contribution in [2.24, 2.45) is 0 Å². The molecule has 31 heavy (non-hydrogen) atoms. The Kier molecular flexibility index (Phi) is 5.83. The Balaban J connectivity index is 1.92. The van der Waals surface area contributed by atoms with Gasteiger partial charge >= 0.3 is 5.69 Å². The molecule has 0 saturated carbocycles. The molecule has 0 saturated heterocycles. The van der Waals surface area contributed by atoms with Crippen molar-refractivity contribution in [2.45, 2.75) is 18.3 Å². The van der Waals surface area contributed by atoms with Gasteiger partial charge in [-0.15, -0.1) is 10.2 Å². The third kappa shape index (κ3) is 3.95. The second-order valence-electron chi connectivity index (χ2n) is 6.33. The standard InChI is InChI=1S/C19H16BrN5O5S/c1-3-29-16-13(26)7-5-10(15(16)25(27)28)17-21-12-6-4-9(20)8-11(12)14-18(30-17)22-19(31-2)24-23-14/h4-8,17,21,26H,3H2,1-2H3/t17-/m0/s1. The number of hydrogen-bond donors (Lipinski definition) is 2. The van der Waals surface area contributed by atoms with Gasteiger partial charge in [0, 0.05) is 15.7 Å². The Labute approximate surface area is 189 Å². The van der Waals surface area contributed by atoms with Crippen LogP contribution in [-0.2, 0) is 0 Å². The fraction of sp³-hybridized carbons (Fsp3) is 0.211. The molecule has 0 spiro atoms. The van der Waals surface area contributed by atoms with Crippen LogP contribution in [0.1, 0.15) is 18.7 Å². The van der Waals surface area contributed by atoms with Gasteiger partial charge < -0.3 is 19.9 Å². The average molecular weight is 506 g/mol. The number of thioether (sulfide) groups is 1. The molecule has 1 aromatic heterocycles. The lowest BCUT2D eigenvalue weighted by molar-refractivity contribution is -0.387. The number of nitrogens with zero attached hydrogens (tertiary/aromatic N) is 4. The van der Waals surface area contributed by atoms with E-state index in [1.165, 1.54) is 23.9 Å². The van der Waals surface area contributed by atoms with Gasteiger partial charge in [0.25, 0.3) is 0 Å². The zero-order valence-electron chi connectivity index (χ0n) is 16.3. The predicted octanol–water partition coefficient (Wildman–Crippen LogP) is 4.54. The first-order chi connectivity index (χ1) is 14.9. The molecule has 0 aliphatic carbocycles. The van der Waals surface area contributed by atoms with Gasteiger partial charge in [0.15, 0.2) is 11.4 Å². The fourth-order valence-electron chi connectivity index (χ4n) is 3.16. The van der Waals surface area contributed by atoms with E-state index in [0.29, 0.717) is 22.1 Å². The molecule has 0 fully saturated rings. The van der Waals surface area contributed by atoms with Crippen molar-refractivity contribution in [3.63, 3.8) is 0 Å². The van der Waals surface area contributed by atoms with Gasteiger partial charge in [0.05, 0.1) is 17.1 Å². The number of nitrogens with one attached hydrogen (secondary N) is 1. The first-order valence-electron chi connectivity index (χ1n) is 9.07. The van der Waals surface area contributed by atoms with Crippen LogP contribution in [0, 0.1) is 10.1 Å². The van der Waals surface area contributed by atoms with Crippen molar-refractivity contribution in [3.8, 4) is 28.6 Å². The number of fused-ring (bicyclic) bond motifs is 3. The molecule has 2 aromatic carbocycles. The summed E-state index contributed by atoms with van der Waals surface area (Å²) in [6, 6.07) is 8.20. The van der Waals surface area contributed by atoms with E-state index >= 15 is 0 Å². The number of hydrogen-bond acceptors (Lipinski definition) is 10. The Morgan fingerprint density at radius 2 is 2.16 bits per heavy atom. The highest BCUT2D eigenvalue weighted by Crippen LogP contribution is 2.46. The zero-order chi connectivity index (χ0) is 22.1. The van der Waals surface area contributed by atoms with E-state index in [2.05, 4.69) is 36.4 Å². The molecule has 2 N–H and O–H groups in total. The van der Waals surface area contributed by atoms with Crippen LogP contribution >= 0.6 is 27.7 Å². The van der Waals surface area contributed by atoms with E-state index in [0.717, 1.165) is 4.47 Å². The highest BCUT2D eigenvalue weighted by atomic mass is 79.9. The van der Waals surface area contributed by atoms with Gasteiger partial charge in [-0.3, -0.25) is 10.1 Å². The summed E-state index contributed by atoms with van der Waals surface area (Å²) in [5, 5.41) is 34.0. The molecule has 2 heterocycles. The molecular formula is C19H16BrN5O5S. The molecular weight excluding hydrogens is 490 g/mol. The van der Waals surface area contributed by atoms with E-state index in [-0.39, 0.29) is 29.5 Å². The quantitative estimate of drug-likeness (QED) is 0.289. The number of benzene rings is 2. The van der Waals surface area contributed by atoms with Gasteiger partial charge in [-0.05, 0) is 43.5 Å². The van der Waals surface area contributed by atoms with Crippen LogP contribution in [0.4, 0.5) is 11.4 Å². The highest BCUT2D eigenvalue weighted by molar-refractivity contribution is 9.10. The number of phenols is 1. The second-order valence-corrected chi connectivity index (χ2v) is 8.02. The summed E-state index contributed by atoms with van der Waals surface area (Å²) in [4.78, 5) is 15.7. The van der Waals surface area contributed by atoms with Gasteiger partial charge in [-0.1, -0.05) is 27.7 Å². The Bertz CT molecular complexity index is 1180. The smallest absolute Gasteiger partial charge is 0.323 e. The molecule has 160 valence electrons. The van der Waals surface area contributed by atoms with Crippen LogP contribution in [0.3, 0.4) is 0 Å². The van der Waals surface area contributed by atoms with Crippen molar-refractivity contribution >= 4 is 39.1 Å². The van der Waals surface area contributed by atoms with Crippen LogP contribution < -0.4 is 14.8 Å². The van der Waals surface area contributed by atoms with Crippen molar-refractivity contribution < 1.29 is 19.5 Å². The minimum absolute atomic E-state index is 0.144. The molecule has 12 heteroatoms. The third-order valence-electron chi connectivity index (χ3n) is 4.47. The lowest BCUT2D eigenvalue weighted by atomic mass is 10.1. The number of anilines is 1. The first kappa shape index (κ1) is 21.1. The van der Waals surface area contributed by atoms with E-state index in [1.54, 1.807) is 19.2 Å². The maximum Gasteiger partial charge on any atom is 0.323 e. The zero-order valence-corrected chi connectivity index (χ0v) is 18.7. The molecule has 0 amide bonds. The van der Waals surface area contributed by atoms with E-state index in [4.69, 9.17) is 9.47 Å². The minimum Gasteiger partial charge on any atom is -0.504 e. The van der Waals surface area contributed by atoms with Gasteiger partial charge in [0.1, 0.15) is 0 Å². The van der Waals surface area contributed by atoms with E-state index in [9.17, 15) is 15.2 Å². The molecule has 1 atom stereocenters. The molecule has 0 radical (unpaired) electrons. The van der Waals surface area contributed by atoms with Crippen LogP contribution in [-0.4, -0.2) is 38.1 Å². The summed E-state index contributed by atoms with van der Waals surface area (Å²) in [5.74, 6) is -0.375. The minimum atomic E-state index is -1.01. The largest absolute Gasteiger partial charge is 0.504 e.